The molecule has 1 aliphatic rings. The molecule has 0 bridgehead atoms. The molecule has 23 heavy (non-hydrogen) atoms. The summed E-state index contributed by atoms with van der Waals surface area (Å²) in [5, 5.41) is 5.66. The Morgan fingerprint density at radius 2 is 2.09 bits per heavy atom. The summed E-state index contributed by atoms with van der Waals surface area (Å²) in [6.45, 7) is 9.97. The topological polar surface area (TPSA) is 86.5 Å². The minimum Gasteiger partial charge on any atom is -0.379 e. The van der Waals surface area contributed by atoms with Crippen LogP contribution in [0.2, 0.25) is 0 Å². The Hall–Kier alpha value is -1.86. The first-order valence-electron chi connectivity index (χ1n) is 7.99. The molecular formula is C16H26N4O3. The number of pyridine rings is 1. The molecule has 128 valence electrons. The third-order valence-electron chi connectivity index (χ3n) is 3.93. The van der Waals surface area contributed by atoms with E-state index in [9.17, 15) is 9.59 Å². The van der Waals surface area contributed by atoms with Gasteiger partial charge in [0.25, 0.3) is 5.56 Å². The number of aromatic amines is 1. The Labute approximate surface area is 136 Å². The van der Waals surface area contributed by atoms with E-state index < -0.39 is 0 Å². The summed E-state index contributed by atoms with van der Waals surface area (Å²) in [4.78, 5) is 28.9. The fraction of sp³-hybridized carbons (Fsp3) is 0.625. The first-order valence-corrected chi connectivity index (χ1v) is 7.99. The van der Waals surface area contributed by atoms with Crippen LogP contribution in [0.15, 0.2) is 10.9 Å². The third-order valence-corrected chi connectivity index (χ3v) is 3.93. The van der Waals surface area contributed by atoms with Gasteiger partial charge in [-0.05, 0) is 32.4 Å². The number of H-pyrrole nitrogens is 1. The normalized spacial score (nSPS) is 16.8. The van der Waals surface area contributed by atoms with Gasteiger partial charge in [0, 0.05) is 36.9 Å². The zero-order valence-corrected chi connectivity index (χ0v) is 14.1. The van der Waals surface area contributed by atoms with Gasteiger partial charge < -0.3 is 20.4 Å². The number of hydrogen-bond donors (Lipinski definition) is 3. The molecule has 7 nitrogen and oxygen atoms in total. The molecule has 1 aromatic rings. The second-order valence-electron chi connectivity index (χ2n) is 6.08. The maximum atomic E-state index is 12.0. The maximum absolute atomic E-state index is 12.0. The Morgan fingerprint density at radius 3 is 2.74 bits per heavy atom. The number of aryl methyl sites for hydroxylation is 2. The SMILES string of the molecule is Cc1cc(C)c(CNC(=O)N[C@@H](C)CN2CCOCC2)c(=O)[nH]1. The van der Waals surface area contributed by atoms with E-state index in [2.05, 4.69) is 20.5 Å². The fourth-order valence-electron chi connectivity index (χ4n) is 2.76. The number of nitrogens with one attached hydrogen (secondary N) is 3. The molecular weight excluding hydrogens is 296 g/mol. The standard InChI is InChI=1S/C16H26N4O3/c1-11-8-12(2)18-15(21)14(11)9-17-16(22)19-13(3)10-20-4-6-23-7-5-20/h8,13H,4-7,9-10H2,1-3H3,(H,18,21)(H2,17,19,22)/t13-/m0/s1. The van der Waals surface area contributed by atoms with Crippen LogP contribution in [0.3, 0.4) is 0 Å². The first-order chi connectivity index (χ1) is 11.0. The number of nitrogens with zero attached hydrogens (tertiary/aromatic N) is 1. The zero-order valence-electron chi connectivity index (χ0n) is 14.1. The van der Waals surface area contributed by atoms with E-state index in [0.717, 1.165) is 44.1 Å². The Bertz CT molecular complexity index is 593. The minimum absolute atomic E-state index is 0.0329. The lowest BCUT2D eigenvalue weighted by Crippen LogP contribution is -2.48. The van der Waals surface area contributed by atoms with Gasteiger partial charge in [0.2, 0.25) is 0 Å². The van der Waals surface area contributed by atoms with Gasteiger partial charge in [0.1, 0.15) is 0 Å². The summed E-state index contributed by atoms with van der Waals surface area (Å²) in [5.74, 6) is 0. The van der Waals surface area contributed by atoms with Crippen molar-refractivity contribution in [3.05, 3.63) is 33.2 Å². The first kappa shape index (κ1) is 17.5. The predicted molar refractivity (Wildman–Crippen MR) is 88.6 cm³/mol. The highest BCUT2D eigenvalue weighted by Crippen LogP contribution is 2.03. The molecule has 1 saturated heterocycles. The molecule has 2 rings (SSSR count). The van der Waals surface area contributed by atoms with Crippen LogP contribution >= 0.6 is 0 Å². The van der Waals surface area contributed by atoms with Crippen LogP contribution in [0, 0.1) is 13.8 Å². The number of carbonyl (C=O) groups is 1. The number of hydrogen-bond acceptors (Lipinski definition) is 4. The van der Waals surface area contributed by atoms with Crippen molar-refractivity contribution in [2.45, 2.75) is 33.4 Å². The van der Waals surface area contributed by atoms with E-state index in [4.69, 9.17) is 4.74 Å². The van der Waals surface area contributed by atoms with E-state index in [1.807, 2.05) is 26.8 Å². The van der Waals surface area contributed by atoms with E-state index in [0.29, 0.717) is 5.56 Å². The molecule has 1 aromatic heterocycles. The minimum atomic E-state index is -0.259. The molecule has 2 heterocycles. The summed E-state index contributed by atoms with van der Waals surface area (Å²) < 4.78 is 5.31. The van der Waals surface area contributed by atoms with Crippen molar-refractivity contribution in [2.24, 2.45) is 0 Å². The van der Waals surface area contributed by atoms with Crippen LogP contribution < -0.4 is 16.2 Å². The molecule has 0 radical (unpaired) electrons. The summed E-state index contributed by atoms with van der Waals surface area (Å²) in [6, 6.07) is 1.67. The quantitative estimate of drug-likeness (QED) is 0.737. The van der Waals surface area contributed by atoms with Crippen LogP contribution in [0.4, 0.5) is 4.79 Å². The van der Waals surface area contributed by atoms with Crippen molar-refractivity contribution in [2.75, 3.05) is 32.8 Å². The van der Waals surface area contributed by atoms with Gasteiger partial charge in [-0.15, -0.1) is 0 Å². The van der Waals surface area contributed by atoms with Gasteiger partial charge in [-0.3, -0.25) is 9.69 Å². The maximum Gasteiger partial charge on any atom is 0.315 e. The number of amides is 2. The molecule has 1 fully saturated rings. The summed E-state index contributed by atoms with van der Waals surface area (Å²) in [5.41, 5.74) is 2.14. The summed E-state index contributed by atoms with van der Waals surface area (Å²) in [7, 11) is 0. The van der Waals surface area contributed by atoms with Crippen molar-refractivity contribution in [1.82, 2.24) is 20.5 Å². The van der Waals surface area contributed by atoms with Crippen LogP contribution in [-0.2, 0) is 11.3 Å². The van der Waals surface area contributed by atoms with Crippen molar-refractivity contribution in [1.29, 1.82) is 0 Å². The van der Waals surface area contributed by atoms with Gasteiger partial charge in [0.05, 0.1) is 19.8 Å². The Morgan fingerprint density at radius 1 is 1.39 bits per heavy atom. The van der Waals surface area contributed by atoms with Crippen LogP contribution in [0.25, 0.3) is 0 Å². The number of rotatable bonds is 5. The van der Waals surface area contributed by atoms with Crippen LogP contribution in [0.5, 0.6) is 0 Å². The van der Waals surface area contributed by atoms with E-state index >= 15 is 0 Å². The highest BCUT2D eigenvalue weighted by Gasteiger charge is 2.15. The number of aromatic nitrogens is 1. The molecule has 0 spiro atoms. The zero-order chi connectivity index (χ0) is 16.8. The molecule has 3 N–H and O–H groups in total. The highest BCUT2D eigenvalue weighted by atomic mass is 16.5. The van der Waals surface area contributed by atoms with Gasteiger partial charge in [0.15, 0.2) is 0 Å². The second kappa shape index (κ2) is 8.12. The van der Waals surface area contributed by atoms with Crippen LogP contribution in [-0.4, -0.2) is 54.8 Å². The number of carbonyl (C=O) groups excluding carboxylic acids is 1. The second-order valence-corrected chi connectivity index (χ2v) is 6.08. The van der Waals surface area contributed by atoms with Gasteiger partial charge in [-0.1, -0.05) is 0 Å². The average molecular weight is 322 g/mol. The molecule has 1 atom stereocenters. The van der Waals surface area contributed by atoms with Crippen LogP contribution in [0.1, 0.15) is 23.7 Å². The monoisotopic (exact) mass is 322 g/mol. The highest BCUT2D eigenvalue weighted by molar-refractivity contribution is 5.74. The number of urea groups is 1. The summed E-state index contributed by atoms with van der Waals surface area (Å²) >= 11 is 0. The molecule has 0 saturated carbocycles. The Kier molecular flexibility index (Phi) is 6.18. The smallest absolute Gasteiger partial charge is 0.315 e. The van der Waals surface area contributed by atoms with Gasteiger partial charge >= 0.3 is 6.03 Å². The fourth-order valence-corrected chi connectivity index (χ4v) is 2.76. The number of morpholine rings is 1. The lowest BCUT2D eigenvalue weighted by molar-refractivity contribution is 0.0349. The van der Waals surface area contributed by atoms with Crippen molar-refractivity contribution < 1.29 is 9.53 Å². The Balaban J connectivity index is 1.79. The van der Waals surface area contributed by atoms with E-state index in [1.54, 1.807) is 0 Å². The van der Waals surface area contributed by atoms with Crippen molar-refractivity contribution in [3.63, 3.8) is 0 Å². The van der Waals surface area contributed by atoms with Crippen molar-refractivity contribution >= 4 is 6.03 Å². The largest absolute Gasteiger partial charge is 0.379 e. The lowest BCUT2D eigenvalue weighted by Gasteiger charge is -2.29. The van der Waals surface area contributed by atoms with Crippen molar-refractivity contribution in [3.8, 4) is 0 Å². The summed E-state index contributed by atoms with van der Waals surface area (Å²) in [6.07, 6.45) is 0. The predicted octanol–water partition coefficient (Wildman–Crippen LogP) is 0.512. The van der Waals surface area contributed by atoms with Gasteiger partial charge in [-0.2, -0.15) is 0 Å². The number of ether oxygens (including phenoxy) is 1. The molecule has 0 aromatic carbocycles. The average Bonchev–Trinajstić information content (AvgIpc) is 2.46. The molecule has 2 amide bonds. The third kappa shape index (κ3) is 5.37. The molecule has 1 aliphatic heterocycles. The lowest BCUT2D eigenvalue weighted by atomic mass is 10.1. The van der Waals surface area contributed by atoms with E-state index in [1.165, 1.54) is 0 Å². The molecule has 0 unspecified atom stereocenters. The van der Waals surface area contributed by atoms with E-state index in [-0.39, 0.29) is 24.2 Å². The molecule has 0 aliphatic carbocycles. The van der Waals surface area contributed by atoms with Gasteiger partial charge in [-0.25, -0.2) is 4.79 Å². The molecule has 7 heteroatoms.